The highest BCUT2D eigenvalue weighted by molar-refractivity contribution is 5.93. The second-order valence-electron chi connectivity index (χ2n) is 5.46. The molecule has 2 aromatic rings. The Bertz CT molecular complexity index is 826. The van der Waals surface area contributed by atoms with Crippen LogP contribution in [0.15, 0.2) is 36.4 Å². The third-order valence-corrected chi connectivity index (χ3v) is 3.38. The quantitative estimate of drug-likeness (QED) is 0.532. The minimum atomic E-state index is -4.63. The van der Waals surface area contributed by atoms with Crippen molar-refractivity contribution in [3.63, 3.8) is 0 Å². The molecule has 152 valence electrons. The van der Waals surface area contributed by atoms with Gasteiger partial charge in [0.2, 0.25) is 0 Å². The van der Waals surface area contributed by atoms with Crippen molar-refractivity contribution in [3.8, 4) is 11.5 Å². The predicted octanol–water partition coefficient (Wildman–Crippen LogP) is 4.03. The number of hydrogen-bond donors (Lipinski definition) is 1. The van der Waals surface area contributed by atoms with Crippen LogP contribution in [0.2, 0.25) is 0 Å². The molecule has 0 saturated heterocycles. The summed E-state index contributed by atoms with van der Waals surface area (Å²) in [6.07, 6.45) is -4.63. The lowest BCUT2D eigenvalue weighted by Gasteiger charge is -2.15. The fraction of sp³-hybridized carbons (Fsp3) is 0.278. The summed E-state index contributed by atoms with van der Waals surface area (Å²) in [5, 5.41) is 2.22. The maximum Gasteiger partial charge on any atom is 0.416 e. The van der Waals surface area contributed by atoms with Crippen LogP contribution >= 0.6 is 0 Å². The summed E-state index contributed by atoms with van der Waals surface area (Å²) >= 11 is 0. The van der Waals surface area contributed by atoms with E-state index in [0.29, 0.717) is 12.1 Å². The van der Waals surface area contributed by atoms with Crippen LogP contribution in [-0.4, -0.2) is 32.8 Å². The molecular weight excluding hydrogens is 389 g/mol. The summed E-state index contributed by atoms with van der Waals surface area (Å²) in [7, 11) is 1.42. The summed E-state index contributed by atoms with van der Waals surface area (Å²) in [6, 6.07) is 5.07. The highest BCUT2D eigenvalue weighted by Crippen LogP contribution is 2.35. The zero-order valence-corrected chi connectivity index (χ0v) is 14.6. The first-order valence-corrected chi connectivity index (χ1v) is 7.91. The van der Waals surface area contributed by atoms with Gasteiger partial charge in [0.25, 0.3) is 5.91 Å². The monoisotopic (exact) mass is 405 g/mol. The number of carbonyl (C=O) groups is 1. The van der Waals surface area contributed by atoms with Crippen LogP contribution in [0.4, 0.5) is 27.6 Å². The molecule has 5 nitrogen and oxygen atoms in total. The molecule has 0 aromatic heterocycles. The lowest BCUT2D eigenvalue weighted by molar-refractivity contribution is -0.137. The van der Waals surface area contributed by atoms with Gasteiger partial charge in [-0.05, 0) is 30.3 Å². The second-order valence-corrected chi connectivity index (χ2v) is 5.46. The number of anilines is 1. The minimum Gasteiger partial charge on any atom is -0.489 e. The Labute approximate surface area is 157 Å². The Morgan fingerprint density at radius 3 is 2.36 bits per heavy atom. The molecular formula is C18H16F5NO4. The maximum absolute atomic E-state index is 13.5. The number of nitrogens with one attached hydrogen (secondary N) is 1. The van der Waals surface area contributed by atoms with Crippen LogP contribution in [0.5, 0.6) is 11.5 Å². The summed E-state index contributed by atoms with van der Waals surface area (Å²) in [5.41, 5.74) is -1.23. The number of ether oxygens (including phenoxy) is 3. The van der Waals surface area contributed by atoms with E-state index in [2.05, 4.69) is 5.32 Å². The van der Waals surface area contributed by atoms with E-state index in [1.807, 2.05) is 0 Å². The van der Waals surface area contributed by atoms with E-state index in [4.69, 9.17) is 14.2 Å². The van der Waals surface area contributed by atoms with Crippen LogP contribution in [0.1, 0.15) is 5.56 Å². The first-order chi connectivity index (χ1) is 13.2. The Balaban J connectivity index is 2.11. The Kier molecular flexibility index (Phi) is 7.16. The molecule has 0 bridgehead atoms. The van der Waals surface area contributed by atoms with Gasteiger partial charge in [-0.2, -0.15) is 13.2 Å². The van der Waals surface area contributed by atoms with Crippen molar-refractivity contribution in [2.45, 2.75) is 6.18 Å². The molecule has 28 heavy (non-hydrogen) atoms. The average molecular weight is 405 g/mol. The van der Waals surface area contributed by atoms with Crippen LogP contribution < -0.4 is 14.8 Å². The van der Waals surface area contributed by atoms with Crippen LogP contribution in [0, 0.1) is 11.6 Å². The van der Waals surface area contributed by atoms with E-state index in [1.165, 1.54) is 7.11 Å². The molecule has 0 unspecified atom stereocenters. The first-order valence-electron chi connectivity index (χ1n) is 7.91. The third kappa shape index (κ3) is 6.08. The highest BCUT2D eigenvalue weighted by atomic mass is 19.4. The topological polar surface area (TPSA) is 56.8 Å². The van der Waals surface area contributed by atoms with Crippen molar-refractivity contribution in [2.75, 3.05) is 32.2 Å². The van der Waals surface area contributed by atoms with Crippen molar-refractivity contribution < 1.29 is 41.0 Å². The van der Waals surface area contributed by atoms with E-state index in [0.717, 1.165) is 24.3 Å². The lowest BCUT2D eigenvalue weighted by Crippen LogP contribution is -2.21. The van der Waals surface area contributed by atoms with Gasteiger partial charge in [-0.15, -0.1) is 0 Å². The number of halogens is 5. The first kappa shape index (κ1) is 21.4. The van der Waals surface area contributed by atoms with Gasteiger partial charge in [0.05, 0.1) is 17.9 Å². The number of methoxy groups -OCH3 is 1. The van der Waals surface area contributed by atoms with Gasteiger partial charge in [0.15, 0.2) is 18.2 Å². The number of rotatable bonds is 8. The smallest absolute Gasteiger partial charge is 0.416 e. The van der Waals surface area contributed by atoms with Gasteiger partial charge in [-0.25, -0.2) is 8.78 Å². The zero-order valence-electron chi connectivity index (χ0n) is 14.6. The predicted molar refractivity (Wildman–Crippen MR) is 89.3 cm³/mol. The number of carbonyl (C=O) groups excluding carboxylic acids is 1. The van der Waals surface area contributed by atoms with Crippen LogP contribution in [0.3, 0.4) is 0 Å². The third-order valence-electron chi connectivity index (χ3n) is 3.38. The number of benzene rings is 2. The Morgan fingerprint density at radius 1 is 1.00 bits per heavy atom. The molecule has 0 heterocycles. The summed E-state index contributed by atoms with van der Waals surface area (Å²) in [6.45, 7) is -0.486. The van der Waals surface area contributed by atoms with E-state index >= 15 is 0 Å². The number of hydrogen-bond acceptors (Lipinski definition) is 4. The molecule has 0 saturated carbocycles. The molecule has 1 N–H and O–H groups in total. The molecule has 2 aromatic carbocycles. The highest BCUT2D eigenvalue weighted by Gasteiger charge is 2.31. The normalized spacial score (nSPS) is 11.2. The van der Waals surface area contributed by atoms with E-state index in [9.17, 15) is 26.7 Å². The summed E-state index contributed by atoms with van der Waals surface area (Å²) in [4.78, 5) is 12.0. The van der Waals surface area contributed by atoms with Crippen molar-refractivity contribution in [1.29, 1.82) is 0 Å². The second kappa shape index (κ2) is 9.36. The molecule has 0 fully saturated rings. The average Bonchev–Trinajstić information content (AvgIpc) is 2.61. The SMILES string of the molecule is COCCOc1ccc(C(F)(F)F)cc1NC(=O)COc1ccc(F)cc1F. The molecule has 10 heteroatoms. The van der Waals surface area contributed by atoms with E-state index in [-0.39, 0.29) is 30.4 Å². The molecule has 1 amide bonds. The largest absolute Gasteiger partial charge is 0.489 e. The molecule has 2 rings (SSSR count). The summed E-state index contributed by atoms with van der Waals surface area (Å²) < 4.78 is 80.1. The van der Waals surface area contributed by atoms with E-state index < -0.39 is 35.9 Å². The molecule has 0 atom stereocenters. The van der Waals surface area contributed by atoms with Gasteiger partial charge in [0.1, 0.15) is 18.2 Å². The van der Waals surface area contributed by atoms with Gasteiger partial charge >= 0.3 is 6.18 Å². The molecule has 0 radical (unpaired) electrons. The zero-order chi connectivity index (χ0) is 20.7. The molecule has 0 aliphatic carbocycles. The van der Waals surface area contributed by atoms with Crippen molar-refractivity contribution in [1.82, 2.24) is 0 Å². The molecule has 0 spiro atoms. The van der Waals surface area contributed by atoms with Crippen LogP contribution in [-0.2, 0) is 15.7 Å². The van der Waals surface area contributed by atoms with Crippen molar-refractivity contribution in [3.05, 3.63) is 53.6 Å². The fourth-order valence-corrected chi connectivity index (χ4v) is 2.09. The Morgan fingerprint density at radius 2 is 1.71 bits per heavy atom. The maximum atomic E-state index is 13.5. The number of amides is 1. The Hall–Kier alpha value is -2.88. The minimum absolute atomic E-state index is 0.00800. The van der Waals surface area contributed by atoms with E-state index in [1.54, 1.807) is 0 Å². The fourth-order valence-electron chi connectivity index (χ4n) is 2.09. The standard InChI is InChI=1S/C18H16F5NO4/c1-26-6-7-27-16-4-2-11(18(21,22)23)8-14(16)24-17(25)10-28-15-5-3-12(19)9-13(15)20/h2-5,8-9H,6-7,10H2,1H3,(H,24,25). The summed E-state index contributed by atoms with van der Waals surface area (Å²) in [5.74, 6) is -3.09. The van der Waals surface area contributed by atoms with Gasteiger partial charge < -0.3 is 19.5 Å². The molecule has 0 aliphatic heterocycles. The van der Waals surface area contributed by atoms with Gasteiger partial charge in [-0.3, -0.25) is 4.79 Å². The van der Waals surface area contributed by atoms with Crippen molar-refractivity contribution >= 4 is 11.6 Å². The van der Waals surface area contributed by atoms with Crippen molar-refractivity contribution in [2.24, 2.45) is 0 Å². The van der Waals surface area contributed by atoms with Gasteiger partial charge in [0, 0.05) is 13.2 Å². The lowest BCUT2D eigenvalue weighted by atomic mass is 10.1. The van der Waals surface area contributed by atoms with Crippen LogP contribution in [0.25, 0.3) is 0 Å². The van der Waals surface area contributed by atoms with Gasteiger partial charge in [-0.1, -0.05) is 0 Å². The molecule has 0 aliphatic rings. The number of alkyl halides is 3.